The van der Waals surface area contributed by atoms with Gasteiger partial charge in [-0.15, -0.1) is 0 Å². The van der Waals surface area contributed by atoms with E-state index in [-0.39, 0.29) is 11.4 Å². The van der Waals surface area contributed by atoms with Gasteiger partial charge in [-0.25, -0.2) is 9.18 Å². The molecule has 3 nitrogen and oxygen atoms in total. The normalized spacial score (nSPS) is 11.4. The molecule has 2 aromatic carbocycles. The summed E-state index contributed by atoms with van der Waals surface area (Å²) in [6, 6.07) is 12.2. The number of aryl methyl sites for hydroxylation is 1. The van der Waals surface area contributed by atoms with Crippen LogP contribution in [0.4, 0.5) is 4.39 Å². The number of hydrogen-bond donors (Lipinski definition) is 1. The first-order chi connectivity index (χ1) is 11.9. The fourth-order valence-electron chi connectivity index (χ4n) is 3.20. The highest BCUT2D eigenvalue weighted by atomic mass is 19.1. The van der Waals surface area contributed by atoms with Crippen molar-refractivity contribution < 1.29 is 14.1 Å². The molecule has 0 radical (unpaired) electrons. The van der Waals surface area contributed by atoms with E-state index in [4.69, 9.17) is 4.42 Å². The van der Waals surface area contributed by atoms with Crippen LogP contribution in [0.2, 0.25) is 0 Å². The van der Waals surface area contributed by atoms with Gasteiger partial charge in [-0.1, -0.05) is 26.0 Å². The Kier molecular flexibility index (Phi) is 5.00. The minimum absolute atomic E-state index is 0.230. The SMILES string of the molecule is Cc1cc2oc(=O)cc(C[NH2+]Cc3ccc(F)cc3)c2cc1C(C)C. The topological polar surface area (TPSA) is 46.8 Å². The third-order valence-electron chi connectivity index (χ3n) is 4.50. The van der Waals surface area contributed by atoms with Crippen molar-refractivity contribution >= 4 is 11.0 Å². The second-order valence-electron chi connectivity index (χ2n) is 6.77. The van der Waals surface area contributed by atoms with E-state index in [1.54, 1.807) is 18.2 Å². The molecule has 0 spiro atoms. The molecule has 0 saturated heterocycles. The molecular weight excluding hydrogens is 317 g/mol. The van der Waals surface area contributed by atoms with Gasteiger partial charge in [0.25, 0.3) is 0 Å². The van der Waals surface area contributed by atoms with E-state index >= 15 is 0 Å². The minimum atomic E-state index is -0.325. The van der Waals surface area contributed by atoms with Crippen molar-refractivity contribution in [1.82, 2.24) is 0 Å². The number of rotatable bonds is 5. The third kappa shape index (κ3) is 3.97. The number of benzene rings is 2. The van der Waals surface area contributed by atoms with Gasteiger partial charge in [0.1, 0.15) is 24.5 Å². The first-order valence-corrected chi connectivity index (χ1v) is 8.57. The molecule has 1 aromatic heterocycles. The zero-order valence-electron chi connectivity index (χ0n) is 14.8. The number of hydrogen-bond acceptors (Lipinski definition) is 2. The molecule has 0 amide bonds. The van der Waals surface area contributed by atoms with Crippen LogP contribution in [0.1, 0.15) is 42.0 Å². The summed E-state index contributed by atoms with van der Waals surface area (Å²) >= 11 is 0. The molecule has 130 valence electrons. The smallest absolute Gasteiger partial charge is 0.336 e. The van der Waals surface area contributed by atoms with Gasteiger partial charge >= 0.3 is 5.63 Å². The van der Waals surface area contributed by atoms with E-state index in [1.807, 2.05) is 13.0 Å². The second-order valence-corrected chi connectivity index (χ2v) is 6.77. The van der Waals surface area contributed by atoms with E-state index in [1.165, 1.54) is 17.7 Å². The van der Waals surface area contributed by atoms with Gasteiger partial charge in [0.05, 0.1) is 0 Å². The Morgan fingerprint density at radius 1 is 1.08 bits per heavy atom. The lowest BCUT2D eigenvalue weighted by molar-refractivity contribution is -0.686. The van der Waals surface area contributed by atoms with E-state index in [0.29, 0.717) is 18.0 Å². The van der Waals surface area contributed by atoms with Crippen molar-refractivity contribution in [3.05, 3.63) is 81.0 Å². The number of nitrogens with two attached hydrogens (primary N) is 1. The van der Waals surface area contributed by atoms with Crippen molar-refractivity contribution in [1.29, 1.82) is 0 Å². The molecule has 0 bridgehead atoms. The van der Waals surface area contributed by atoms with Crippen molar-refractivity contribution in [2.75, 3.05) is 0 Å². The zero-order chi connectivity index (χ0) is 18.0. The Hall–Kier alpha value is -2.46. The molecule has 2 N–H and O–H groups in total. The highest BCUT2D eigenvalue weighted by Gasteiger charge is 2.12. The molecule has 3 aromatic rings. The number of fused-ring (bicyclic) bond motifs is 1. The third-order valence-corrected chi connectivity index (χ3v) is 4.50. The Labute approximate surface area is 146 Å². The zero-order valence-corrected chi connectivity index (χ0v) is 14.8. The maximum absolute atomic E-state index is 13.0. The molecule has 0 aliphatic carbocycles. The summed E-state index contributed by atoms with van der Waals surface area (Å²) in [7, 11) is 0. The Morgan fingerprint density at radius 3 is 2.48 bits per heavy atom. The Balaban J connectivity index is 1.88. The standard InChI is InChI=1S/C21H22FNO2/c1-13(2)18-10-19-16(9-21(24)25-20(19)8-14(18)3)12-23-11-15-4-6-17(22)7-5-15/h4-10,13,23H,11-12H2,1-3H3/p+1. The van der Waals surface area contributed by atoms with Gasteiger partial charge < -0.3 is 9.73 Å². The molecular formula is C21H23FNO2+. The molecule has 3 rings (SSSR count). The Bertz CT molecular complexity index is 943. The number of quaternary nitrogens is 1. The van der Waals surface area contributed by atoms with Gasteiger partial charge in [-0.3, -0.25) is 0 Å². The Morgan fingerprint density at radius 2 is 1.80 bits per heavy atom. The van der Waals surface area contributed by atoms with E-state index < -0.39 is 0 Å². The molecule has 0 unspecified atom stereocenters. The molecule has 25 heavy (non-hydrogen) atoms. The lowest BCUT2D eigenvalue weighted by Gasteiger charge is -2.12. The summed E-state index contributed by atoms with van der Waals surface area (Å²) in [5, 5.41) is 3.10. The predicted octanol–water partition coefficient (Wildman–Crippen LogP) is 3.63. The van der Waals surface area contributed by atoms with Crippen LogP contribution in [0, 0.1) is 12.7 Å². The van der Waals surface area contributed by atoms with Gasteiger partial charge in [-0.2, -0.15) is 0 Å². The van der Waals surface area contributed by atoms with E-state index in [2.05, 4.69) is 25.2 Å². The van der Waals surface area contributed by atoms with Crippen molar-refractivity contribution in [2.24, 2.45) is 0 Å². The molecule has 0 aliphatic heterocycles. The van der Waals surface area contributed by atoms with Gasteiger partial charge in [0.15, 0.2) is 0 Å². The molecule has 0 atom stereocenters. The second kappa shape index (κ2) is 7.19. The molecule has 1 heterocycles. The summed E-state index contributed by atoms with van der Waals surface area (Å²) in [5.74, 6) is 0.180. The highest BCUT2D eigenvalue weighted by Crippen LogP contribution is 2.26. The van der Waals surface area contributed by atoms with Crippen molar-refractivity contribution in [3.63, 3.8) is 0 Å². The minimum Gasteiger partial charge on any atom is -0.423 e. The van der Waals surface area contributed by atoms with E-state index in [0.717, 1.165) is 28.6 Å². The van der Waals surface area contributed by atoms with Crippen LogP contribution >= 0.6 is 0 Å². The first kappa shape index (κ1) is 17.4. The summed E-state index contributed by atoms with van der Waals surface area (Å²) in [5.41, 5.74) is 4.73. The van der Waals surface area contributed by atoms with Crippen LogP contribution in [0.3, 0.4) is 0 Å². The van der Waals surface area contributed by atoms with Gasteiger partial charge in [0, 0.05) is 22.6 Å². The molecule has 0 saturated carbocycles. The van der Waals surface area contributed by atoms with E-state index in [9.17, 15) is 9.18 Å². The maximum Gasteiger partial charge on any atom is 0.336 e. The van der Waals surface area contributed by atoms with Crippen LogP contribution in [-0.4, -0.2) is 0 Å². The van der Waals surface area contributed by atoms with Crippen LogP contribution in [0.15, 0.2) is 51.7 Å². The summed E-state index contributed by atoms with van der Waals surface area (Å²) in [6.07, 6.45) is 0. The molecule has 0 aliphatic rings. The summed E-state index contributed by atoms with van der Waals surface area (Å²) < 4.78 is 18.4. The van der Waals surface area contributed by atoms with Crippen LogP contribution in [-0.2, 0) is 13.1 Å². The quantitative estimate of drug-likeness (QED) is 0.721. The van der Waals surface area contributed by atoms with Gasteiger partial charge in [0.2, 0.25) is 0 Å². The van der Waals surface area contributed by atoms with Crippen LogP contribution < -0.4 is 10.9 Å². The lowest BCUT2D eigenvalue weighted by atomic mass is 9.95. The van der Waals surface area contributed by atoms with Crippen molar-refractivity contribution in [2.45, 2.75) is 39.8 Å². The average molecular weight is 340 g/mol. The van der Waals surface area contributed by atoms with Crippen LogP contribution in [0.25, 0.3) is 11.0 Å². The lowest BCUT2D eigenvalue weighted by Crippen LogP contribution is -2.80. The van der Waals surface area contributed by atoms with Gasteiger partial charge in [-0.05, 0) is 48.2 Å². The average Bonchev–Trinajstić information content (AvgIpc) is 2.55. The fourth-order valence-corrected chi connectivity index (χ4v) is 3.20. The number of halogens is 1. The molecule has 4 heteroatoms. The van der Waals surface area contributed by atoms with Crippen molar-refractivity contribution in [3.8, 4) is 0 Å². The monoisotopic (exact) mass is 340 g/mol. The summed E-state index contributed by atoms with van der Waals surface area (Å²) in [4.78, 5) is 11.9. The summed E-state index contributed by atoms with van der Waals surface area (Å²) in [6.45, 7) is 7.76. The largest absolute Gasteiger partial charge is 0.423 e. The maximum atomic E-state index is 13.0. The fraction of sp³-hybridized carbons (Fsp3) is 0.286. The van der Waals surface area contributed by atoms with Crippen LogP contribution in [0.5, 0.6) is 0 Å². The highest BCUT2D eigenvalue weighted by molar-refractivity contribution is 5.82. The molecule has 0 fully saturated rings. The first-order valence-electron chi connectivity index (χ1n) is 8.57. The predicted molar refractivity (Wildman–Crippen MR) is 97.0 cm³/mol.